The summed E-state index contributed by atoms with van der Waals surface area (Å²) in [4.78, 5) is 33.2. The van der Waals surface area contributed by atoms with Crippen molar-refractivity contribution in [3.63, 3.8) is 0 Å². The van der Waals surface area contributed by atoms with E-state index in [1.807, 2.05) is 11.0 Å². The van der Waals surface area contributed by atoms with Crippen molar-refractivity contribution in [3.8, 4) is 5.69 Å². The lowest BCUT2D eigenvalue weighted by atomic mass is 9.91. The normalized spacial score (nSPS) is 23.0. The van der Waals surface area contributed by atoms with E-state index < -0.39 is 0 Å². The van der Waals surface area contributed by atoms with Crippen LogP contribution in [0.5, 0.6) is 0 Å². The second-order valence-electron chi connectivity index (χ2n) is 9.55. The quantitative estimate of drug-likeness (QED) is 0.567. The number of fused-ring (bicyclic) bond motifs is 2. The zero-order valence-electron chi connectivity index (χ0n) is 19.0. The zero-order valence-corrected chi connectivity index (χ0v) is 19.9. The van der Waals surface area contributed by atoms with Crippen LogP contribution in [0.3, 0.4) is 0 Å². The first-order chi connectivity index (χ1) is 15.3. The Morgan fingerprint density at radius 2 is 1.91 bits per heavy atom. The van der Waals surface area contributed by atoms with Gasteiger partial charge in [-0.2, -0.15) is 5.10 Å². The molecule has 4 heterocycles. The zero-order chi connectivity index (χ0) is 22.6. The lowest BCUT2D eigenvalue weighted by Crippen LogP contribution is -2.43. The molecule has 3 aromatic rings. The molecule has 3 unspecified atom stereocenters. The Morgan fingerprint density at radius 3 is 2.62 bits per heavy atom. The van der Waals surface area contributed by atoms with E-state index in [1.165, 1.54) is 11.1 Å². The first-order valence-corrected chi connectivity index (χ1v) is 12.3. The van der Waals surface area contributed by atoms with Crippen LogP contribution in [0.2, 0.25) is 0 Å². The molecule has 8 heteroatoms. The maximum atomic E-state index is 13.4. The molecule has 2 aliphatic heterocycles. The van der Waals surface area contributed by atoms with Gasteiger partial charge in [-0.3, -0.25) is 14.2 Å². The fourth-order valence-corrected chi connectivity index (χ4v) is 6.15. The van der Waals surface area contributed by atoms with E-state index in [1.54, 1.807) is 27.2 Å². The highest BCUT2D eigenvalue weighted by atomic mass is 32.2. The molecule has 1 fully saturated rings. The highest BCUT2D eigenvalue weighted by Crippen LogP contribution is 2.34. The van der Waals surface area contributed by atoms with Gasteiger partial charge in [-0.05, 0) is 55.4 Å². The van der Waals surface area contributed by atoms with E-state index in [0.717, 1.165) is 25.2 Å². The molecule has 0 aliphatic carbocycles. The molecule has 1 aromatic carbocycles. The largest absolute Gasteiger partial charge is 0.342 e. The van der Waals surface area contributed by atoms with Crippen LogP contribution in [0.15, 0.2) is 34.3 Å². The Bertz CT molecular complexity index is 1250. The van der Waals surface area contributed by atoms with Crippen LogP contribution in [-0.4, -0.2) is 49.0 Å². The summed E-state index contributed by atoms with van der Waals surface area (Å²) in [5.74, 6) is 1.87. The van der Waals surface area contributed by atoms with Crippen molar-refractivity contribution in [2.45, 2.75) is 51.7 Å². The fourth-order valence-electron chi connectivity index (χ4n) is 5.02. The summed E-state index contributed by atoms with van der Waals surface area (Å²) in [5.41, 5.74) is 3.73. The van der Waals surface area contributed by atoms with Gasteiger partial charge in [-0.1, -0.05) is 31.7 Å². The lowest BCUT2D eigenvalue weighted by molar-refractivity contribution is -0.134. The van der Waals surface area contributed by atoms with Crippen molar-refractivity contribution < 1.29 is 4.79 Å². The van der Waals surface area contributed by atoms with Crippen LogP contribution < -0.4 is 5.56 Å². The van der Waals surface area contributed by atoms with Gasteiger partial charge in [0.1, 0.15) is 5.39 Å². The summed E-state index contributed by atoms with van der Waals surface area (Å²) in [5, 5.41) is 5.64. The van der Waals surface area contributed by atoms with Gasteiger partial charge in [-0.15, -0.1) is 0 Å². The van der Waals surface area contributed by atoms with Crippen LogP contribution in [0.25, 0.3) is 16.7 Å². The van der Waals surface area contributed by atoms with Crippen LogP contribution in [-0.2, 0) is 4.79 Å². The average molecular weight is 452 g/mol. The Balaban J connectivity index is 1.46. The van der Waals surface area contributed by atoms with Gasteiger partial charge in [0.2, 0.25) is 5.91 Å². The third kappa shape index (κ3) is 3.64. The number of carbonyl (C=O) groups is 1. The summed E-state index contributed by atoms with van der Waals surface area (Å²) < 4.78 is 3.45. The minimum Gasteiger partial charge on any atom is -0.342 e. The van der Waals surface area contributed by atoms with Crippen molar-refractivity contribution in [2.75, 3.05) is 18.8 Å². The molecule has 7 nitrogen and oxygen atoms in total. The van der Waals surface area contributed by atoms with Crippen LogP contribution in [0.1, 0.15) is 43.9 Å². The number of nitrogens with zero attached hydrogens (tertiary/aromatic N) is 5. The Morgan fingerprint density at radius 1 is 1.16 bits per heavy atom. The standard InChI is InChI=1S/C24H29N5O2S/c1-14-7-15(2)12-27(11-14)21(30)9-19-13-32-24-26-22-20(23(31)28(19)24)10-25-29(22)18-6-5-16(3)17(4)8-18/h5-6,8,10,14-15,19H,7,9,11-13H2,1-4H3. The maximum Gasteiger partial charge on any atom is 0.265 e. The van der Waals surface area contributed by atoms with Gasteiger partial charge >= 0.3 is 0 Å². The molecular weight excluding hydrogens is 422 g/mol. The highest BCUT2D eigenvalue weighted by Gasteiger charge is 2.32. The molecule has 1 saturated heterocycles. The predicted octanol–water partition coefficient (Wildman–Crippen LogP) is 3.74. The van der Waals surface area contributed by atoms with Crippen molar-refractivity contribution in [3.05, 3.63) is 45.9 Å². The topological polar surface area (TPSA) is 73.0 Å². The Labute approximate surface area is 191 Å². The molecule has 32 heavy (non-hydrogen) atoms. The summed E-state index contributed by atoms with van der Waals surface area (Å²) in [6.45, 7) is 10.2. The van der Waals surface area contributed by atoms with Crippen molar-refractivity contribution in [1.82, 2.24) is 24.2 Å². The van der Waals surface area contributed by atoms with E-state index in [9.17, 15) is 9.59 Å². The number of thioether (sulfide) groups is 1. The molecule has 0 radical (unpaired) electrons. The first kappa shape index (κ1) is 21.2. The van der Waals surface area contributed by atoms with Gasteiger partial charge in [0.25, 0.3) is 5.56 Å². The molecule has 0 bridgehead atoms. The number of hydrogen-bond donors (Lipinski definition) is 0. The van der Waals surface area contributed by atoms with E-state index in [0.29, 0.717) is 40.2 Å². The molecule has 2 aromatic heterocycles. The van der Waals surface area contributed by atoms with Gasteiger partial charge in [0.05, 0.1) is 17.9 Å². The molecule has 0 saturated carbocycles. The molecule has 1 amide bonds. The number of rotatable bonds is 3. The minimum atomic E-state index is -0.163. The van der Waals surface area contributed by atoms with Crippen LogP contribution in [0.4, 0.5) is 0 Å². The van der Waals surface area contributed by atoms with Crippen molar-refractivity contribution in [1.29, 1.82) is 0 Å². The molecule has 5 rings (SSSR count). The number of likely N-dealkylation sites (tertiary alicyclic amines) is 1. The second kappa shape index (κ2) is 8.06. The van der Waals surface area contributed by atoms with E-state index in [2.05, 4.69) is 44.9 Å². The number of carbonyl (C=O) groups excluding carboxylic acids is 1. The summed E-state index contributed by atoms with van der Waals surface area (Å²) >= 11 is 1.55. The SMILES string of the molecule is Cc1ccc(-n2ncc3c(=O)n4c(nc32)SCC4CC(=O)N2CC(C)CC(C)C2)cc1C. The lowest BCUT2D eigenvalue weighted by Gasteiger charge is -2.35. The van der Waals surface area contributed by atoms with E-state index in [-0.39, 0.29) is 17.5 Å². The fraction of sp³-hybridized carbons (Fsp3) is 0.500. The molecule has 0 N–H and O–H groups in total. The summed E-state index contributed by atoms with van der Waals surface area (Å²) in [7, 11) is 0. The molecular formula is C24H29N5O2S. The van der Waals surface area contributed by atoms with E-state index in [4.69, 9.17) is 4.98 Å². The summed E-state index contributed by atoms with van der Waals surface area (Å²) in [6.07, 6.45) is 3.11. The minimum absolute atomic E-state index is 0.108. The van der Waals surface area contributed by atoms with Gasteiger partial charge < -0.3 is 4.90 Å². The van der Waals surface area contributed by atoms with Crippen molar-refractivity contribution >= 4 is 28.7 Å². The van der Waals surface area contributed by atoms with E-state index >= 15 is 0 Å². The number of hydrogen-bond acceptors (Lipinski definition) is 5. The summed E-state index contributed by atoms with van der Waals surface area (Å²) in [6, 6.07) is 5.95. The Kier molecular flexibility index (Phi) is 5.35. The number of amides is 1. The third-order valence-corrected chi connectivity index (χ3v) is 7.84. The first-order valence-electron chi connectivity index (χ1n) is 11.3. The van der Waals surface area contributed by atoms with Gasteiger partial charge in [-0.25, -0.2) is 9.67 Å². The number of aryl methyl sites for hydroxylation is 2. The highest BCUT2D eigenvalue weighted by molar-refractivity contribution is 7.99. The molecule has 3 atom stereocenters. The number of aromatic nitrogens is 4. The molecule has 2 aliphatic rings. The predicted molar refractivity (Wildman–Crippen MR) is 127 cm³/mol. The average Bonchev–Trinajstić information content (AvgIpc) is 3.34. The third-order valence-electron chi connectivity index (χ3n) is 6.74. The second-order valence-corrected chi connectivity index (χ2v) is 10.5. The van der Waals surface area contributed by atoms with Gasteiger partial charge in [0.15, 0.2) is 10.8 Å². The van der Waals surface area contributed by atoms with Gasteiger partial charge in [0, 0.05) is 25.3 Å². The van der Waals surface area contributed by atoms with Crippen molar-refractivity contribution in [2.24, 2.45) is 11.8 Å². The number of piperidine rings is 1. The Hall–Kier alpha value is -2.61. The monoisotopic (exact) mass is 451 g/mol. The maximum absolute atomic E-state index is 13.4. The molecule has 168 valence electrons. The van der Waals surface area contributed by atoms with Crippen LogP contribution >= 0.6 is 11.8 Å². The van der Waals surface area contributed by atoms with Crippen LogP contribution in [0, 0.1) is 25.7 Å². The number of benzene rings is 1. The smallest absolute Gasteiger partial charge is 0.265 e. The molecule has 0 spiro atoms.